The molecule has 2 unspecified atom stereocenters. The first kappa shape index (κ1) is 15.5. The predicted molar refractivity (Wildman–Crippen MR) is 75.1 cm³/mol. The van der Waals surface area contributed by atoms with Crippen LogP contribution in [0.2, 0.25) is 0 Å². The fraction of sp³-hybridized carbons (Fsp3) is 0.286. The van der Waals surface area contributed by atoms with E-state index < -0.39 is 23.8 Å². The minimum Gasteiger partial charge on any atom is -0.386 e. The van der Waals surface area contributed by atoms with Crippen molar-refractivity contribution < 1.29 is 18.7 Å². The quantitative estimate of drug-likeness (QED) is 0.912. The molecule has 1 heterocycles. The third-order valence-corrected chi connectivity index (χ3v) is 4.00. The van der Waals surface area contributed by atoms with E-state index in [0.29, 0.717) is 10.6 Å². The maximum absolute atomic E-state index is 13.2. The fourth-order valence-electron chi connectivity index (χ4n) is 1.86. The highest BCUT2D eigenvalue weighted by Crippen LogP contribution is 2.20. The van der Waals surface area contributed by atoms with Crippen molar-refractivity contribution in [2.75, 3.05) is 0 Å². The van der Waals surface area contributed by atoms with Crippen LogP contribution < -0.4 is 5.32 Å². The summed E-state index contributed by atoms with van der Waals surface area (Å²) in [5.74, 6) is -2.38. The van der Waals surface area contributed by atoms with Gasteiger partial charge >= 0.3 is 0 Å². The molecule has 0 aliphatic carbocycles. The molecule has 2 rings (SSSR count). The maximum Gasteiger partial charge on any atom is 0.263 e. The number of aryl methyl sites for hydroxylation is 1. The van der Waals surface area contributed by atoms with Crippen molar-refractivity contribution in [3.8, 4) is 0 Å². The van der Waals surface area contributed by atoms with Gasteiger partial charge in [-0.1, -0.05) is 6.07 Å². The smallest absolute Gasteiger partial charge is 0.263 e. The van der Waals surface area contributed by atoms with Gasteiger partial charge in [0.25, 0.3) is 5.91 Å². The molecule has 2 N–H and O–H groups in total. The SMILES string of the molecule is Cc1ncsc1C(=O)NC(C)C(O)c1ccc(F)c(F)c1. The number of aromatic nitrogens is 1. The molecule has 2 aromatic rings. The van der Waals surface area contributed by atoms with E-state index in [2.05, 4.69) is 10.3 Å². The van der Waals surface area contributed by atoms with E-state index in [4.69, 9.17) is 0 Å². The second-order valence-electron chi connectivity index (χ2n) is 4.65. The standard InChI is InChI=1S/C14H14F2N2O2S/c1-7(18-14(20)13-8(2)17-6-21-13)12(19)9-3-4-10(15)11(16)5-9/h3-7,12,19H,1-2H3,(H,18,20). The number of rotatable bonds is 4. The lowest BCUT2D eigenvalue weighted by Crippen LogP contribution is -2.37. The van der Waals surface area contributed by atoms with Gasteiger partial charge in [0, 0.05) is 0 Å². The molecule has 1 aromatic carbocycles. The average molecular weight is 312 g/mol. The molecule has 1 amide bonds. The molecule has 2 atom stereocenters. The molecule has 21 heavy (non-hydrogen) atoms. The first-order valence-electron chi connectivity index (χ1n) is 6.24. The zero-order valence-electron chi connectivity index (χ0n) is 11.4. The summed E-state index contributed by atoms with van der Waals surface area (Å²) in [5, 5.41) is 12.7. The van der Waals surface area contributed by atoms with Crippen molar-refractivity contribution in [2.24, 2.45) is 0 Å². The number of nitrogens with one attached hydrogen (secondary N) is 1. The Bertz CT molecular complexity index is 660. The largest absolute Gasteiger partial charge is 0.386 e. The van der Waals surface area contributed by atoms with Crippen molar-refractivity contribution in [3.05, 3.63) is 51.5 Å². The Kier molecular flexibility index (Phi) is 4.64. The van der Waals surface area contributed by atoms with E-state index >= 15 is 0 Å². The highest BCUT2D eigenvalue weighted by atomic mass is 32.1. The lowest BCUT2D eigenvalue weighted by atomic mass is 10.0. The third kappa shape index (κ3) is 3.43. The van der Waals surface area contributed by atoms with Gasteiger partial charge in [-0.2, -0.15) is 0 Å². The summed E-state index contributed by atoms with van der Waals surface area (Å²) in [7, 11) is 0. The van der Waals surface area contributed by atoms with Crippen molar-refractivity contribution >= 4 is 17.2 Å². The highest BCUT2D eigenvalue weighted by Gasteiger charge is 2.21. The molecule has 4 nitrogen and oxygen atoms in total. The van der Waals surface area contributed by atoms with Gasteiger partial charge in [0.05, 0.1) is 23.4 Å². The molecule has 0 spiro atoms. The molecule has 0 radical (unpaired) electrons. The topological polar surface area (TPSA) is 62.2 Å². The minimum atomic E-state index is -1.14. The van der Waals surface area contributed by atoms with Crippen LogP contribution in [0, 0.1) is 18.6 Å². The third-order valence-electron chi connectivity index (χ3n) is 3.07. The van der Waals surface area contributed by atoms with E-state index in [9.17, 15) is 18.7 Å². The van der Waals surface area contributed by atoms with Crippen LogP contribution in [-0.2, 0) is 0 Å². The zero-order chi connectivity index (χ0) is 15.6. The van der Waals surface area contributed by atoms with E-state index in [0.717, 1.165) is 12.1 Å². The number of aliphatic hydroxyl groups excluding tert-OH is 1. The normalized spacial score (nSPS) is 13.8. The lowest BCUT2D eigenvalue weighted by Gasteiger charge is -2.20. The Morgan fingerprint density at radius 3 is 2.67 bits per heavy atom. The molecular weight excluding hydrogens is 298 g/mol. The van der Waals surface area contributed by atoms with Gasteiger partial charge in [0.2, 0.25) is 0 Å². The van der Waals surface area contributed by atoms with Crippen molar-refractivity contribution in [2.45, 2.75) is 26.0 Å². The van der Waals surface area contributed by atoms with Crippen LogP contribution >= 0.6 is 11.3 Å². The Morgan fingerprint density at radius 2 is 2.10 bits per heavy atom. The first-order valence-corrected chi connectivity index (χ1v) is 7.12. The summed E-state index contributed by atoms with van der Waals surface area (Å²) in [5.41, 5.74) is 2.36. The van der Waals surface area contributed by atoms with Gasteiger partial charge in [-0.25, -0.2) is 13.8 Å². The summed E-state index contributed by atoms with van der Waals surface area (Å²) in [6.07, 6.45) is -1.14. The summed E-state index contributed by atoms with van der Waals surface area (Å²) in [4.78, 5) is 16.4. The molecule has 112 valence electrons. The number of halogens is 2. The molecule has 0 saturated heterocycles. The number of nitrogens with zero attached hydrogens (tertiary/aromatic N) is 1. The number of hydrogen-bond acceptors (Lipinski definition) is 4. The Hall–Kier alpha value is -1.86. The van der Waals surface area contributed by atoms with Gasteiger partial charge in [-0.3, -0.25) is 4.79 Å². The van der Waals surface area contributed by atoms with Gasteiger partial charge in [-0.15, -0.1) is 11.3 Å². The second kappa shape index (κ2) is 6.28. The summed E-state index contributed by atoms with van der Waals surface area (Å²) in [6.45, 7) is 3.29. The number of carbonyl (C=O) groups excluding carboxylic acids is 1. The highest BCUT2D eigenvalue weighted by molar-refractivity contribution is 7.11. The molecular formula is C14H14F2N2O2S. The van der Waals surface area contributed by atoms with Crippen molar-refractivity contribution in [1.29, 1.82) is 0 Å². The number of carbonyl (C=O) groups is 1. The molecule has 1 aromatic heterocycles. The van der Waals surface area contributed by atoms with Crippen LogP contribution in [-0.4, -0.2) is 22.0 Å². The van der Waals surface area contributed by atoms with Crippen LogP contribution in [0.1, 0.15) is 34.0 Å². The van der Waals surface area contributed by atoms with Crippen LogP contribution in [0.15, 0.2) is 23.7 Å². The van der Waals surface area contributed by atoms with Crippen LogP contribution in [0.5, 0.6) is 0 Å². The van der Waals surface area contributed by atoms with Crippen molar-refractivity contribution in [3.63, 3.8) is 0 Å². The minimum absolute atomic E-state index is 0.197. The van der Waals surface area contributed by atoms with Crippen molar-refractivity contribution in [1.82, 2.24) is 10.3 Å². The van der Waals surface area contributed by atoms with Crippen LogP contribution in [0.3, 0.4) is 0 Å². The Balaban J connectivity index is 2.09. The molecule has 0 fully saturated rings. The summed E-state index contributed by atoms with van der Waals surface area (Å²) < 4.78 is 26.0. The monoisotopic (exact) mass is 312 g/mol. The number of benzene rings is 1. The molecule has 0 bridgehead atoms. The van der Waals surface area contributed by atoms with Gasteiger partial charge < -0.3 is 10.4 Å². The number of amides is 1. The molecule has 0 aliphatic heterocycles. The maximum atomic E-state index is 13.2. The average Bonchev–Trinajstić information content (AvgIpc) is 2.87. The Labute approximate surface area is 124 Å². The summed E-state index contributed by atoms with van der Waals surface area (Å²) >= 11 is 1.20. The lowest BCUT2D eigenvalue weighted by molar-refractivity contribution is 0.0854. The number of aliphatic hydroxyl groups is 1. The molecule has 0 saturated carbocycles. The van der Waals surface area contributed by atoms with Gasteiger partial charge in [0.1, 0.15) is 4.88 Å². The molecule has 0 aliphatic rings. The second-order valence-corrected chi connectivity index (χ2v) is 5.50. The first-order chi connectivity index (χ1) is 9.90. The van der Waals surface area contributed by atoms with Gasteiger partial charge in [-0.05, 0) is 31.5 Å². The van der Waals surface area contributed by atoms with Crippen LogP contribution in [0.25, 0.3) is 0 Å². The van der Waals surface area contributed by atoms with E-state index in [-0.39, 0.29) is 11.5 Å². The van der Waals surface area contributed by atoms with E-state index in [1.54, 1.807) is 19.4 Å². The Morgan fingerprint density at radius 1 is 1.38 bits per heavy atom. The van der Waals surface area contributed by atoms with E-state index in [1.807, 2.05) is 0 Å². The van der Waals surface area contributed by atoms with Crippen LogP contribution in [0.4, 0.5) is 8.78 Å². The molecule has 7 heteroatoms. The van der Waals surface area contributed by atoms with Gasteiger partial charge in [0.15, 0.2) is 11.6 Å². The fourth-order valence-corrected chi connectivity index (χ4v) is 2.56. The summed E-state index contributed by atoms with van der Waals surface area (Å²) in [6, 6.07) is 2.48. The number of hydrogen-bond donors (Lipinski definition) is 2. The predicted octanol–water partition coefficient (Wildman–Crippen LogP) is 2.58. The zero-order valence-corrected chi connectivity index (χ0v) is 12.2. The van der Waals surface area contributed by atoms with E-state index in [1.165, 1.54) is 17.4 Å². The number of thiazole rings is 1.